The van der Waals surface area contributed by atoms with Crippen LogP contribution in [-0.2, 0) is 6.42 Å². The van der Waals surface area contributed by atoms with Crippen LogP contribution in [0.2, 0.25) is 0 Å². The summed E-state index contributed by atoms with van der Waals surface area (Å²) < 4.78 is 0. The van der Waals surface area contributed by atoms with E-state index in [-0.39, 0.29) is 17.5 Å². The van der Waals surface area contributed by atoms with E-state index in [0.717, 1.165) is 39.2 Å². The molecule has 1 aromatic carbocycles. The summed E-state index contributed by atoms with van der Waals surface area (Å²) >= 11 is 1.57. The van der Waals surface area contributed by atoms with Crippen LogP contribution in [0.3, 0.4) is 0 Å². The average molecular weight is 445 g/mol. The van der Waals surface area contributed by atoms with Crippen LogP contribution in [0, 0.1) is 0 Å². The molecule has 5 rings (SSSR count). The molecule has 4 N–H and O–H groups in total. The Bertz CT molecular complexity index is 1410. The van der Waals surface area contributed by atoms with Crippen molar-refractivity contribution in [2.75, 3.05) is 0 Å². The van der Waals surface area contributed by atoms with E-state index in [1.54, 1.807) is 11.3 Å². The molecule has 0 spiro atoms. The minimum Gasteiger partial charge on any atom is -0.365 e. The van der Waals surface area contributed by atoms with E-state index in [4.69, 9.17) is 10.7 Å². The SMILES string of the molecule is NC(=O)c1cc2c([nH]c1=O)CCCC2NC(=O)c1cc(-c2cccs2)nc2ccccc12. The number of hydrogen-bond acceptors (Lipinski definition) is 5. The van der Waals surface area contributed by atoms with E-state index in [2.05, 4.69) is 10.3 Å². The van der Waals surface area contributed by atoms with Crippen LogP contribution < -0.4 is 16.6 Å². The van der Waals surface area contributed by atoms with Crippen LogP contribution in [0.4, 0.5) is 0 Å². The van der Waals surface area contributed by atoms with Gasteiger partial charge in [-0.2, -0.15) is 0 Å². The third-order valence-corrected chi connectivity index (χ3v) is 6.65. The molecule has 0 fully saturated rings. The molecule has 0 radical (unpaired) electrons. The molecule has 3 aromatic heterocycles. The fraction of sp³-hybridized carbons (Fsp3) is 0.167. The van der Waals surface area contributed by atoms with Gasteiger partial charge < -0.3 is 16.0 Å². The van der Waals surface area contributed by atoms with Gasteiger partial charge in [-0.05, 0) is 54.5 Å². The van der Waals surface area contributed by atoms with Crippen LogP contribution in [0.25, 0.3) is 21.5 Å². The van der Waals surface area contributed by atoms with Crippen molar-refractivity contribution in [3.8, 4) is 10.6 Å². The minimum absolute atomic E-state index is 0.0979. The smallest absolute Gasteiger partial charge is 0.261 e. The highest BCUT2D eigenvalue weighted by Crippen LogP contribution is 2.31. The molecular formula is C24H20N4O3S. The van der Waals surface area contributed by atoms with Crippen molar-refractivity contribution in [1.82, 2.24) is 15.3 Å². The number of carbonyl (C=O) groups excluding carboxylic acids is 2. The van der Waals surface area contributed by atoms with Crippen molar-refractivity contribution >= 4 is 34.1 Å². The molecule has 0 saturated heterocycles. The summed E-state index contributed by atoms with van der Waals surface area (Å²) in [6.07, 6.45) is 2.18. The molecule has 1 aliphatic rings. The predicted molar refractivity (Wildman–Crippen MR) is 124 cm³/mol. The molecule has 160 valence electrons. The lowest BCUT2D eigenvalue weighted by atomic mass is 9.90. The lowest BCUT2D eigenvalue weighted by Gasteiger charge is -2.26. The summed E-state index contributed by atoms with van der Waals surface area (Å²) in [5.41, 5.74) is 8.25. The van der Waals surface area contributed by atoms with E-state index in [9.17, 15) is 14.4 Å². The number of para-hydroxylation sites is 1. The Morgan fingerprint density at radius 3 is 2.75 bits per heavy atom. The second-order valence-electron chi connectivity index (χ2n) is 7.78. The maximum atomic E-state index is 13.4. The van der Waals surface area contributed by atoms with Crippen LogP contribution in [-0.4, -0.2) is 21.8 Å². The summed E-state index contributed by atoms with van der Waals surface area (Å²) in [6.45, 7) is 0. The van der Waals surface area contributed by atoms with Gasteiger partial charge in [0.2, 0.25) is 0 Å². The third kappa shape index (κ3) is 3.58. The second kappa shape index (κ2) is 8.05. The van der Waals surface area contributed by atoms with E-state index in [1.165, 1.54) is 6.07 Å². The Kier molecular flexibility index (Phi) is 5.07. The fourth-order valence-corrected chi connectivity index (χ4v) is 4.91. The zero-order valence-electron chi connectivity index (χ0n) is 17.1. The van der Waals surface area contributed by atoms with Crippen molar-refractivity contribution in [2.24, 2.45) is 5.73 Å². The molecule has 0 aliphatic heterocycles. The molecule has 0 saturated carbocycles. The topological polar surface area (TPSA) is 118 Å². The Balaban J connectivity index is 1.55. The van der Waals surface area contributed by atoms with Gasteiger partial charge in [0.25, 0.3) is 17.4 Å². The number of primary amides is 1. The first-order chi connectivity index (χ1) is 15.5. The summed E-state index contributed by atoms with van der Waals surface area (Å²) in [4.78, 5) is 45.7. The lowest BCUT2D eigenvalue weighted by molar-refractivity contribution is 0.0934. The summed E-state index contributed by atoms with van der Waals surface area (Å²) in [5, 5.41) is 5.84. The normalized spacial score (nSPS) is 15.3. The fourth-order valence-electron chi connectivity index (χ4n) is 4.22. The number of thiophene rings is 1. The Morgan fingerprint density at radius 2 is 1.97 bits per heavy atom. The van der Waals surface area contributed by atoms with Crippen molar-refractivity contribution in [2.45, 2.75) is 25.3 Å². The molecule has 1 aliphatic carbocycles. The third-order valence-electron chi connectivity index (χ3n) is 5.76. The maximum absolute atomic E-state index is 13.4. The number of nitrogens with zero attached hydrogens (tertiary/aromatic N) is 1. The van der Waals surface area contributed by atoms with Gasteiger partial charge in [0, 0.05) is 11.1 Å². The lowest BCUT2D eigenvalue weighted by Crippen LogP contribution is -2.34. The quantitative estimate of drug-likeness (QED) is 0.446. The van der Waals surface area contributed by atoms with Crippen molar-refractivity contribution in [1.29, 1.82) is 0 Å². The number of H-pyrrole nitrogens is 1. The Hall–Kier alpha value is -3.78. The number of aromatic nitrogens is 2. The van der Waals surface area contributed by atoms with Crippen molar-refractivity contribution in [3.63, 3.8) is 0 Å². The molecule has 7 nitrogen and oxygen atoms in total. The van der Waals surface area contributed by atoms with Crippen LogP contribution in [0.5, 0.6) is 0 Å². The number of hydrogen-bond donors (Lipinski definition) is 3. The number of fused-ring (bicyclic) bond motifs is 2. The Morgan fingerprint density at radius 1 is 1.12 bits per heavy atom. The number of carbonyl (C=O) groups is 2. The number of nitrogens with one attached hydrogen (secondary N) is 2. The second-order valence-corrected chi connectivity index (χ2v) is 8.73. The molecule has 0 bridgehead atoms. The van der Waals surface area contributed by atoms with Gasteiger partial charge in [-0.3, -0.25) is 14.4 Å². The van der Waals surface area contributed by atoms with Crippen molar-refractivity contribution < 1.29 is 9.59 Å². The predicted octanol–water partition coefficient (Wildman–Crippen LogP) is 3.56. The summed E-state index contributed by atoms with van der Waals surface area (Å²) in [7, 11) is 0. The molecule has 1 atom stereocenters. The first kappa shape index (κ1) is 20.1. The van der Waals surface area contributed by atoms with Gasteiger partial charge in [0.05, 0.1) is 27.7 Å². The highest BCUT2D eigenvalue weighted by Gasteiger charge is 2.26. The van der Waals surface area contributed by atoms with Gasteiger partial charge >= 0.3 is 0 Å². The van der Waals surface area contributed by atoms with E-state index < -0.39 is 11.5 Å². The van der Waals surface area contributed by atoms with Gasteiger partial charge in [-0.25, -0.2) is 4.98 Å². The standard InChI is InChI=1S/C24H20N4O3S/c25-22(29)16-11-15-18(7-3-8-19(15)28-24(16)31)27-23(30)14-12-20(21-9-4-10-32-21)26-17-6-2-1-5-13(14)17/h1-2,4-6,9-12,18H,3,7-8H2,(H2,25,29)(H,27,30)(H,28,31). The van der Waals surface area contributed by atoms with Gasteiger partial charge in [-0.15, -0.1) is 11.3 Å². The van der Waals surface area contributed by atoms with E-state index in [0.29, 0.717) is 18.4 Å². The summed E-state index contributed by atoms with van der Waals surface area (Å²) in [5.74, 6) is -1.02. The zero-order valence-corrected chi connectivity index (χ0v) is 17.9. The number of aromatic amines is 1. The number of rotatable bonds is 4. The highest BCUT2D eigenvalue weighted by molar-refractivity contribution is 7.13. The number of aryl methyl sites for hydroxylation is 1. The number of benzene rings is 1. The van der Waals surface area contributed by atoms with Gasteiger partial charge in [0.1, 0.15) is 5.56 Å². The molecule has 4 aromatic rings. The molecule has 8 heteroatoms. The molecule has 32 heavy (non-hydrogen) atoms. The number of nitrogens with two attached hydrogens (primary N) is 1. The monoisotopic (exact) mass is 444 g/mol. The summed E-state index contributed by atoms with van der Waals surface area (Å²) in [6, 6.07) is 14.5. The Labute approximate surface area is 187 Å². The first-order valence-corrected chi connectivity index (χ1v) is 11.2. The first-order valence-electron chi connectivity index (χ1n) is 10.3. The molecule has 1 unspecified atom stereocenters. The minimum atomic E-state index is -0.787. The average Bonchev–Trinajstić information content (AvgIpc) is 3.33. The molecular weight excluding hydrogens is 424 g/mol. The van der Waals surface area contributed by atoms with Gasteiger partial charge in [0.15, 0.2) is 0 Å². The van der Waals surface area contributed by atoms with E-state index in [1.807, 2.05) is 47.8 Å². The van der Waals surface area contributed by atoms with Crippen molar-refractivity contribution in [3.05, 3.63) is 86.6 Å². The van der Waals surface area contributed by atoms with Crippen LogP contribution >= 0.6 is 11.3 Å². The van der Waals surface area contributed by atoms with Crippen LogP contribution in [0.15, 0.2) is 58.7 Å². The molecule has 2 amide bonds. The van der Waals surface area contributed by atoms with Gasteiger partial charge in [-0.1, -0.05) is 24.3 Å². The van der Waals surface area contributed by atoms with Crippen LogP contribution in [0.1, 0.15) is 50.9 Å². The van der Waals surface area contributed by atoms with E-state index >= 15 is 0 Å². The number of pyridine rings is 2. The largest absolute Gasteiger partial charge is 0.365 e. The highest BCUT2D eigenvalue weighted by atomic mass is 32.1. The molecule has 3 heterocycles. The maximum Gasteiger partial charge on any atom is 0.261 e. The number of amides is 2. The zero-order chi connectivity index (χ0) is 22.2.